The number of benzene rings is 1. The third kappa shape index (κ3) is 6.98. The van der Waals surface area contributed by atoms with Crippen molar-refractivity contribution >= 4 is 30.0 Å². The fourth-order valence-corrected chi connectivity index (χ4v) is 6.95. The van der Waals surface area contributed by atoms with Gasteiger partial charge in [-0.2, -0.15) is 0 Å². The molecule has 13 nitrogen and oxygen atoms in total. The number of amides is 4. The minimum atomic E-state index is -1.46. The van der Waals surface area contributed by atoms with Crippen LogP contribution in [0.3, 0.4) is 0 Å². The van der Waals surface area contributed by atoms with Gasteiger partial charge in [-0.15, -0.1) is 0 Å². The van der Waals surface area contributed by atoms with Gasteiger partial charge in [-0.1, -0.05) is 49.3 Å². The molecule has 0 spiro atoms. The molecule has 0 bridgehead atoms. The monoisotopic (exact) mass is 638 g/mol. The minimum absolute atomic E-state index is 0.000520. The molecule has 4 aliphatic heterocycles. The molecule has 0 aromatic heterocycles. The number of carboxylic acid groups (broad SMARTS) is 1. The summed E-state index contributed by atoms with van der Waals surface area (Å²) in [4.78, 5) is 69.3. The van der Waals surface area contributed by atoms with E-state index in [1.54, 1.807) is 4.90 Å². The molecule has 4 amide bonds. The minimum Gasteiger partial charge on any atom is -0.479 e. The summed E-state index contributed by atoms with van der Waals surface area (Å²) in [5.41, 5.74) is 0.762. The van der Waals surface area contributed by atoms with Crippen molar-refractivity contribution in [1.29, 1.82) is 0 Å². The SMILES string of the molecule is O=C(N[C@H]1CCCCC/C=C/[C@@H]2C[C@@]2(C(=O)O)NC(=O)[C@@H]2C[C@@H](OC(=O)N3CCc4ccccc4C3)CN2C1=O)O[C@@H]1CCOC1. The van der Waals surface area contributed by atoms with Crippen LogP contribution >= 0.6 is 0 Å². The summed E-state index contributed by atoms with van der Waals surface area (Å²) in [5, 5.41) is 15.5. The van der Waals surface area contributed by atoms with Gasteiger partial charge in [0.15, 0.2) is 0 Å². The van der Waals surface area contributed by atoms with Crippen molar-refractivity contribution in [2.45, 2.75) is 94.2 Å². The predicted octanol–water partition coefficient (Wildman–Crippen LogP) is 2.51. The standard InChI is InChI=1S/C33H42N4O9/c38-28-27-16-25(46-32(43)36-14-12-21-8-6-7-9-22(21)18-36)19-37(27)29(39)26(34-31(42)45-24-13-15-44-20-24)11-5-3-1-2-4-10-23-17-33(23,35-28)30(40)41/h4,6-10,23-27H,1-3,5,11-20H2,(H,34,42)(H,35,38)(H,40,41)/b10-4+/t23-,24-,25-,26+,27+,33-/m1/s1. The van der Waals surface area contributed by atoms with Crippen molar-refractivity contribution in [2.24, 2.45) is 5.92 Å². The molecule has 1 aliphatic carbocycles. The van der Waals surface area contributed by atoms with Crippen LogP contribution in [0, 0.1) is 5.92 Å². The summed E-state index contributed by atoms with van der Waals surface area (Å²) >= 11 is 0. The summed E-state index contributed by atoms with van der Waals surface area (Å²) in [5.74, 6) is -2.63. The van der Waals surface area contributed by atoms with Crippen molar-refractivity contribution in [1.82, 2.24) is 20.4 Å². The number of alkyl carbamates (subject to hydrolysis) is 1. The first-order valence-corrected chi connectivity index (χ1v) is 16.3. The van der Waals surface area contributed by atoms with E-state index in [1.807, 2.05) is 36.4 Å². The van der Waals surface area contributed by atoms with Gasteiger partial charge in [-0.25, -0.2) is 14.4 Å². The fourth-order valence-electron chi connectivity index (χ4n) is 6.95. The third-order valence-electron chi connectivity index (χ3n) is 9.73. The lowest BCUT2D eigenvalue weighted by molar-refractivity contribution is -0.145. The highest BCUT2D eigenvalue weighted by Gasteiger charge is 2.61. The van der Waals surface area contributed by atoms with E-state index in [-0.39, 0.29) is 31.9 Å². The lowest BCUT2D eigenvalue weighted by atomic mass is 10.0. The Morgan fingerprint density at radius 2 is 1.87 bits per heavy atom. The molecule has 6 rings (SSSR count). The number of nitrogens with zero attached hydrogens (tertiary/aromatic N) is 2. The van der Waals surface area contributed by atoms with Crippen molar-refractivity contribution in [3.8, 4) is 0 Å². The van der Waals surface area contributed by atoms with Crippen molar-refractivity contribution in [3.63, 3.8) is 0 Å². The van der Waals surface area contributed by atoms with Crippen LogP contribution in [0.4, 0.5) is 9.59 Å². The zero-order valence-corrected chi connectivity index (χ0v) is 25.9. The highest BCUT2D eigenvalue weighted by atomic mass is 16.6. The maximum atomic E-state index is 14.1. The van der Waals surface area contributed by atoms with Crippen molar-refractivity contribution in [2.75, 3.05) is 26.3 Å². The lowest BCUT2D eigenvalue weighted by Crippen LogP contribution is -2.56. The first kappa shape index (κ1) is 31.8. The molecule has 13 heteroatoms. The number of allylic oxidation sites excluding steroid dienone is 1. The largest absolute Gasteiger partial charge is 0.479 e. The van der Waals surface area contributed by atoms with E-state index in [0.717, 1.165) is 24.8 Å². The van der Waals surface area contributed by atoms with Crippen molar-refractivity contribution < 1.29 is 43.3 Å². The first-order chi connectivity index (χ1) is 22.2. The van der Waals surface area contributed by atoms with Gasteiger partial charge in [-0.3, -0.25) is 9.59 Å². The summed E-state index contributed by atoms with van der Waals surface area (Å²) in [6.07, 6.45) is 6.12. The number of carboxylic acids is 1. The van der Waals surface area contributed by atoms with Crippen LogP contribution < -0.4 is 10.6 Å². The molecular formula is C33H42N4O9. The molecule has 46 heavy (non-hydrogen) atoms. The molecule has 2 saturated heterocycles. The van der Waals surface area contributed by atoms with Crippen LogP contribution in [-0.2, 0) is 41.6 Å². The lowest BCUT2D eigenvalue weighted by Gasteiger charge is -2.30. The molecule has 0 radical (unpaired) electrons. The summed E-state index contributed by atoms with van der Waals surface area (Å²) < 4.78 is 16.6. The van der Waals surface area contributed by atoms with Gasteiger partial charge in [0, 0.05) is 31.8 Å². The van der Waals surface area contributed by atoms with Gasteiger partial charge in [0.2, 0.25) is 11.8 Å². The Morgan fingerprint density at radius 3 is 2.65 bits per heavy atom. The van der Waals surface area contributed by atoms with E-state index in [0.29, 0.717) is 45.4 Å². The smallest absolute Gasteiger partial charge is 0.410 e. The van der Waals surface area contributed by atoms with Crippen molar-refractivity contribution in [3.05, 3.63) is 47.5 Å². The van der Waals surface area contributed by atoms with E-state index in [2.05, 4.69) is 10.6 Å². The van der Waals surface area contributed by atoms with E-state index in [9.17, 15) is 29.1 Å². The highest BCUT2D eigenvalue weighted by molar-refractivity contribution is 5.96. The van der Waals surface area contributed by atoms with E-state index < -0.39 is 59.8 Å². The number of nitrogens with one attached hydrogen (secondary N) is 2. The molecule has 4 heterocycles. The zero-order chi connectivity index (χ0) is 32.3. The van der Waals surface area contributed by atoms with E-state index in [4.69, 9.17) is 14.2 Å². The van der Waals surface area contributed by atoms with Crippen LogP contribution in [0.5, 0.6) is 0 Å². The van der Waals surface area contributed by atoms with Crippen LogP contribution in [0.15, 0.2) is 36.4 Å². The van der Waals surface area contributed by atoms with Crippen LogP contribution in [0.2, 0.25) is 0 Å². The molecule has 5 aliphatic rings. The Hall–Kier alpha value is -4.13. The molecular weight excluding hydrogens is 596 g/mol. The number of hydrogen-bond donors (Lipinski definition) is 3. The molecule has 1 aromatic rings. The Balaban J connectivity index is 1.20. The number of hydrogen-bond acceptors (Lipinski definition) is 8. The van der Waals surface area contributed by atoms with Gasteiger partial charge in [0.05, 0.1) is 19.8 Å². The van der Waals surface area contributed by atoms with Crippen LogP contribution in [0.1, 0.15) is 62.5 Å². The quantitative estimate of drug-likeness (QED) is 0.421. The van der Waals surface area contributed by atoms with E-state index >= 15 is 0 Å². The zero-order valence-electron chi connectivity index (χ0n) is 25.9. The molecule has 6 atom stereocenters. The molecule has 0 unspecified atom stereocenters. The summed E-state index contributed by atoms with van der Waals surface area (Å²) in [6.45, 7) is 1.58. The number of carbonyl (C=O) groups excluding carboxylic acids is 4. The third-order valence-corrected chi connectivity index (χ3v) is 9.73. The fraction of sp³-hybridized carbons (Fsp3) is 0.606. The molecule has 3 fully saturated rings. The second-order valence-corrected chi connectivity index (χ2v) is 12.9. The Bertz CT molecular complexity index is 1380. The maximum absolute atomic E-state index is 14.1. The molecule has 1 saturated carbocycles. The van der Waals surface area contributed by atoms with Crippen LogP contribution in [0.25, 0.3) is 0 Å². The Kier molecular flexibility index (Phi) is 9.48. The van der Waals surface area contributed by atoms with Crippen LogP contribution in [-0.4, -0.2) is 101 Å². The maximum Gasteiger partial charge on any atom is 0.410 e. The molecule has 248 valence electrons. The number of ether oxygens (including phenoxy) is 3. The van der Waals surface area contributed by atoms with Gasteiger partial charge in [0.1, 0.15) is 29.8 Å². The molecule has 1 aromatic carbocycles. The number of aliphatic carboxylic acids is 1. The van der Waals surface area contributed by atoms with Gasteiger partial charge in [-0.05, 0) is 43.2 Å². The predicted molar refractivity (Wildman–Crippen MR) is 162 cm³/mol. The first-order valence-electron chi connectivity index (χ1n) is 16.3. The topological polar surface area (TPSA) is 164 Å². The second-order valence-electron chi connectivity index (χ2n) is 12.9. The Morgan fingerprint density at radius 1 is 1.04 bits per heavy atom. The second kappa shape index (κ2) is 13.7. The molecule has 3 N–H and O–H groups in total. The van der Waals surface area contributed by atoms with Gasteiger partial charge >= 0.3 is 18.2 Å². The average molecular weight is 639 g/mol. The highest BCUT2D eigenvalue weighted by Crippen LogP contribution is 2.45. The normalized spacial score (nSPS) is 32.0. The van der Waals surface area contributed by atoms with E-state index in [1.165, 1.54) is 10.5 Å². The summed E-state index contributed by atoms with van der Waals surface area (Å²) in [7, 11) is 0. The average Bonchev–Trinajstić information content (AvgIpc) is 3.32. The number of fused-ring (bicyclic) bond motifs is 3. The number of carbonyl (C=O) groups is 5. The number of rotatable bonds is 4. The van der Waals surface area contributed by atoms with Gasteiger partial charge < -0.3 is 39.8 Å². The Labute approximate surface area is 267 Å². The summed E-state index contributed by atoms with van der Waals surface area (Å²) in [6, 6.07) is 5.82. The van der Waals surface area contributed by atoms with Gasteiger partial charge in [0.25, 0.3) is 0 Å².